The van der Waals surface area contributed by atoms with Gasteiger partial charge in [0, 0.05) is 16.3 Å². The lowest BCUT2D eigenvalue weighted by atomic mass is 10.3. The van der Waals surface area contributed by atoms with E-state index in [4.69, 9.17) is 23.2 Å². The lowest BCUT2D eigenvalue weighted by molar-refractivity contribution is 0.0957. The van der Waals surface area contributed by atoms with Gasteiger partial charge in [-0.15, -0.1) is 23.1 Å². The highest BCUT2D eigenvalue weighted by molar-refractivity contribution is 7.98. The molecule has 0 spiro atoms. The van der Waals surface area contributed by atoms with Gasteiger partial charge in [0.1, 0.15) is 0 Å². The molecule has 7 heteroatoms. The van der Waals surface area contributed by atoms with Crippen molar-refractivity contribution < 1.29 is 4.79 Å². The first-order chi connectivity index (χ1) is 9.11. The molecule has 1 aromatic heterocycles. The van der Waals surface area contributed by atoms with Crippen molar-refractivity contribution >= 4 is 46.3 Å². The van der Waals surface area contributed by atoms with Crippen molar-refractivity contribution in [3.05, 3.63) is 45.1 Å². The lowest BCUT2D eigenvalue weighted by Gasteiger charge is -2.05. The Kier molecular flexibility index (Phi) is 4.71. The summed E-state index contributed by atoms with van der Waals surface area (Å²) < 4.78 is 0. The predicted octanol–water partition coefficient (Wildman–Crippen LogP) is 2.88. The minimum absolute atomic E-state index is 0.269. The molecule has 0 fully saturated rings. The van der Waals surface area contributed by atoms with Gasteiger partial charge in [-0.05, 0) is 35.2 Å². The fourth-order valence-corrected chi connectivity index (χ4v) is 3.69. The van der Waals surface area contributed by atoms with Crippen LogP contribution in [0.4, 0.5) is 5.69 Å². The maximum absolute atomic E-state index is 11.5. The number of hydrogen-bond acceptors (Lipinski definition) is 5. The van der Waals surface area contributed by atoms with Crippen LogP contribution in [0.5, 0.6) is 0 Å². The molecule has 100 valence electrons. The van der Waals surface area contributed by atoms with Gasteiger partial charge in [0.25, 0.3) is 5.91 Å². The first kappa shape index (κ1) is 14.2. The van der Waals surface area contributed by atoms with E-state index in [1.807, 2.05) is 17.5 Å². The second kappa shape index (κ2) is 6.29. The van der Waals surface area contributed by atoms with Crippen molar-refractivity contribution in [1.29, 1.82) is 0 Å². The summed E-state index contributed by atoms with van der Waals surface area (Å²) in [5.41, 5.74) is 9.35. The zero-order valence-electron chi connectivity index (χ0n) is 9.85. The van der Waals surface area contributed by atoms with Crippen LogP contribution in [0.1, 0.15) is 15.2 Å². The number of carbonyl (C=O) groups excluding carboxylic acids is 1. The molecule has 2 aromatic rings. The quantitative estimate of drug-likeness (QED) is 0.266. The van der Waals surface area contributed by atoms with Crippen LogP contribution in [0.3, 0.4) is 0 Å². The molecule has 0 aliphatic rings. The van der Waals surface area contributed by atoms with Crippen LogP contribution in [-0.2, 0) is 5.75 Å². The highest BCUT2D eigenvalue weighted by atomic mass is 35.5. The van der Waals surface area contributed by atoms with E-state index in [-0.39, 0.29) is 5.91 Å². The third kappa shape index (κ3) is 3.42. The number of rotatable bonds is 4. The fourth-order valence-electron chi connectivity index (χ4n) is 1.50. The molecule has 19 heavy (non-hydrogen) atoms. The van der Waals surface area contributed by atoms with Crippen molar-refractivity contribution in [2.75, 3.05) is 5.73 Å². The van der Waals surface area contributed by atoms with Crippen LogP contribution in [0.25, 0.3) is 0 Å². The average molecular weight is 314 g/mol. The second-order valence-corrected chi connectivity index (χ2v) is 6.07. The number of thioether (sulfide) groups is 1. The number of nitrogen functional groups attached to an aromatic ring is 2. The summed E-state index contributed by atoms with van der Waals surface area (Å²) in [6.45, 7) is 0. The Bertz CT molecular complexity index is 600. The molecule has 1 amide bonds. The lowest BCUT2D eigenvalue weighted by Crippen LogP contribution is -2.29. The van der Waals surface area contributed by atoms with Crippen molar-refractivity contribution in [2.24, 2.45) is 5.84 Å². The summed E-state index contributed by atoms with van der Waals surface area (Å²) in [6.07, 6.45) is 0. The van der Waals surface area contributed by atoms with E-state index in [0.29, 0.717) is 21.3 Å². The zero-order valence-corrected chi connectivity index (χ0v) is 12.2. The van der Waals surface area contributed by atoms with Gasteiger partial charge in [-0.2, -0.15) is 0 Å². The molecule has 0 unspecified atom stereocenters. The second-order valence-electron chi connectivity index (χ2n) is 3.73. The van der Waals surface area contributed by atoms with Crippen LogP contribution in [0.15, 0.2) is 34.5 Å². The van der Waals surface area contributed by atoms with E-state index in [1.54, 1.807) is 23.9 Å². The molecule has 0 saturated heterocycles. The summed E-state index contributed by atoms with van der Waals surface area (Å²) in [5.74, 6) is 5.52. The monoisotopic (exact) mass is 313 g/mol. The zero-order chi connectivity index (χ0) is 13.8. The van der Waals surface area contributed by atoms with Crippen LogP contribution in [-0.4, -0.2) is 5.91 Å². The molecule has 2 rings (SSSR count). The van der Waals surface area contributed by atoms with Crippen LogP contribution in [0, 0.1) is 0 Å². The van der Waals surface area contributed by atoms with E-state index < -0.39 is 0 Å². The van der Waals surface area contributed by atoms with Gasteiger partial charge in [-0.25, -0.2) is 5.84 Å². The Hall–Kier alpha value is -1.21. The van der Waals surface area contributed by atoms with Crippen LogP contribution < -0.4 is 17.0 Å². The fraction of sp³-hybridized carbons (Fsp3) is 0.0833. The van der Waals surface area contributed by atoms with Crippen molar-refractivity contribution in [2.45, 2.75) is 10.6 Å². The Labute approximate surface area is 124 Å². The van der Waals surface area contributed by atoms with E-state index >= 15 is 0 Å². The number of anilines is 1. The van der Waals surface area contributed by atoms with Crippen molar-refractivity contribution in [3.63, 3.8) is 0 Å². The van der Waals surface area contributed by atoms with Crippen LogP contribution >= 0.6 is 34.7 Å². The van der Waals surface area contributed by atoms with Crippen molar-refractivity contribution in [3.8, 4) is 0 Å². The summed E-state index contributed by atoms with van der Waals surface area (Å²) in [4.78, 5) is 13.1. The molecule has 1 heterocycles. The van der Waals surface area contributed by atoms with Gasteiger partial charge in [-0.1, -0.05) is 11.6 Å². The van der Waals surface area contributed by atoms with E-state index in [2.05, 4.69) is 5.43 Å². The third-order valence-electron chi connectivity index (χ3n) is 2.42. The largest absolute Gasteiger partial charge is 0.399 e. The van der Waals surface area contributed by atoms with Gasteiger partial charge in [0.05, 0.1) is 9.90 Å². The summed E-state index contributed by atoms with van der Waals surface area (Å²) in [6, 6.07) is 7.30. The van der Waals surface area contributed by atoms with E-state index in [0.717, 1.165) is 10.5 Å². The summed E-state index contributed by atoms with van der Waals surface area (Å²) in [7, 11) is 0. The number of benzene rings is 1. The number of nitrogens with two attached hydrogens (primary N) is 2. The van der Waals surface area contributed by atoms with Gasteiger partial charge >= 0.3 is 0 Å². The van der Waals surface area contributed by atoms with Gasteiger partial charge in [0.2, 0.25) is 0 Å². The number of carbonyl (C=O) groups is 1. The molecule has 0 atom stereocenters. The minimum Gasteiger partial charge on any atom is -0.399 e. The van der Waals surface area contributed by atoms with Gasteiger partial charge in [-0.3, -0.25) is 10.2 Å². The third-order valence-corrected chi connectivity index (χ3v) is 4.93. The molecule has 0 saturated carbocycles. The standard InChI is InChI=1S/C12H12ClN3OS2/c13-9-5-8(14)1-2-10(9)19-6-7-3-4-18-11(7)12(17)16-15/h1-5H,6,14-15H2,(H,16,17). The number of halogens is 1. The molecular formula is C12H12ClN3OS2. The first-order valence-corrected chi connectivity index (χ1v) is 7.61. The predicted molar refractivity (Wildman–Crippen MR) is 81.4 cm³/mol. The number of amides is 1. The smallest absolute Gasteiger partial charge is 0.275 e. The van der Waals surface area contributed by atoms with Crippen molar-refractivity contribution in [1.82, 2.24) is 5.43 Å². The Morgan fingerprint density at radius 1 is 1.42 bits per heavy atom. The average Bonchev–Trinajstić information content (AvgIpc) is 2.85. The topological polar surface area (TPSA) is 81.1 Å². The maximum Gasteiger partial charge on any atom is 0.275 e. The Morgan fingerprint density at radius 2 is 2.21 bits per heavy atom. The number of hydrazine groups is 1. The molecule has 0 aliphatic heterocycles. The molecular weight excluding hydrogens is 302 g/mol. The molecule has 4 nitrogen and oxygen atoms in total. The highest BCUT2D eigenvalue weighted by Gasteiger charge is 2.12. The molecule has 0 bridgehead atoms. The van der Waals surface area contributed by atoms with Gasteiger partial charge < -0.3 is 5.73 Å². The summed E-state index contributed by atoms with van der Waals surface area (Å²) in [5, 5.41) is 2.48. The number of thiophene rings is 1. The Balaban J connectivity index is 2.10. The number of nitrogens with one attached hydrogen (secondary N) is 1. The normalized spacial score (nSPS) is 10.4. The highest BCUT2D eigenvalue weighted by Crippen LogP contribution is 2.32. The summed E-state index contributed by atoms with van der Waals surface area (Å²) >= 11 is 9.02. The first-order valence-electron chi connectivity index (χ1n) is 5.37. The minimum atomic E-state index is -0.269. The number of hydrogen-bond donors (Lipinski definition) is 3. The van der Waals surface area contributed by atoms with Gasteiger partial charge in [0.15, 0.2) is 0 Å². The van der Waals surface area contributed by atoms with E-state index in [9.17, 15) is 4.79 Å². The Morgan fingerprint density at radius 3 is 2.89 bits per heavy atom. The molecule has 5 N–H and O–H groups in total. The molecule has 0 radical (unpaired) electrons. The van der Waals surface area contributed by atoms with Crippen LogP contribution in [0.2, 0.25) is 5.02 Å². The van der Waals surface area contributed by atoms with E-state index in [1.165, 1.54) is 11.3 Å². The molecule has 0 aliphatic carbocycles. The SMILES string of the molecule is NNC(=O)c1sccc1CSc1ccc(N)cc1Cl. The molecule has 1 aromatic carbocycles. The maximum atomic E-state index is 11.5.